The van der Waals surface area contributed by atoms with Crippen LogP contribution in [0.5, 0.6) is 0 Å². The first kappa shape index (κ1) is 15.1. The summed E-state index contributed by atoms with van der Waals surface area (Å²) in [5.74, 6) is 0.419. The summed E-state index contributed by atoms with van der Waals surface area (Å²) >= 11 is 3.04. The Balaban J connectivity index is 1.94. The molecule has 0 aliphatic carbocycles. The number of thiazole rings is 1. The van der Waals surface area contributed by atoms with Crippen molar-refractivity contribution in [3.8, 4) is 11.3 Å². The molecule has 0 aliphatic heterocycles. The maximum absolute atomic E-state index is 11.8. The molecular formula is C13H18N4OS2. The lowest BCUT2D eigenvalue weighted by Crippen LogP contribution is -2.18. The Morgan fingerprint density at radius 2 is 2.25 bits per heavy atom. The van der Waals surface area contributed by atoms with Gasteiger partial charge in [0.1, 0.15) is 0 Å². The number of nitrogens with zero attached hydrogens (tertiary/aromatic N) is 3. The van der Waals surface area contributed by atoms with E-state index in [-0.39, 0.29) is 10.7 Å². The lowest BCUT2D eigenvalue weighted by Gasteiger charge is -2.16. The third kappa shape index (κ3) is 4.35. The van der Waals surface area contributed by atoms with Gasteiger partial charge in [0, 0.05) is 28.9 Å². The number of rotatable bonds is 4. The van der Waals surface area contributed by atoms with Gasteiger partial charge < -0.3 is 5.32 Å². The maximum atomic E-state index is 11.8. The molecular weight excluding hydrogens is 292 g/mol. The van der Waals surface area contributed by atoms with Crippen LogP contribution in [0.1, 0.15) is 20.8 Å². The predicted octanol–water partition coefficient (Wildman–Crippen LogP) is 3.01. The molecule has 0 aliphatic rings. The molecule has 0 fully saturated rings. The molecule has 2 aromatic rings. The highest BCUT2D eigenvalue weighted by Crippen LogP contribution is 2.26. The second kappa shape index (κ2) is 5.97. The number of nitrogens with one attached hydrogen (secondary N) is 1. The molecule has 0 atom stereocenters. The summed E-state index contributed by atoms with van der Waals surface area (Å²) in [4.78, 5) is 16.2. The summed E-state index contributed by atoms with van der Waals surface area (Å²) < 4.78 is 1.81. The number of thioether (sulfide) groups is 1. The van der Waals surface area contributed by atoms with E-state index in [1.807, 2.05) is 18.6 Å². The zero-order valence-corrected chi connectivity index (χ0v) is 13.6. The molecule has 2 heterocycles. The highest BCUT2D eigenvalue weighted by Gasteiger charge is 2.14. The summed E-state index contributed by atoms with van der Waals surface area (Å²) in [5.41, 5.74) is 1.79. The van der Waals surface area contributed by atoms with Gasteiger partial charge in [-0.25, -0.2) is 4.98 Å². The minimum absolute atomic E-state index is 0.0167. The van der Waals surface area contributed by atoms with Crippen LogP contribution in [0.25, 0.3) is 11.3 Å². The van der Waals surface area contributed by atoms with Crippen molar-refractivity contribution in [2.45, 2.75) is 25.5 Å². The Hall–Kier alpha value is -1.34. The third-order valence-electron chi connectivity index (χ3n) is 2.39. The predicted molar refractivity (Wildman–Crippen MR) is 85.2 cm³/mol. The van der Waals surface area contributed by atoms with E-state index in [2.05, 4.69) is 36.2 Å². The van der Waals surface area contributed by atoms with Gasteiger partial charge in [0.25, 0.3) is 0 Å². The first-order valence-corrected chi connectivity index (χ1v) is 8.08. The fourth-order valence-corrected chi connectivity index (χ4v) is 2.83. The van der Waals surface area contributed by atoms with Crippen LogP contribution in [0, 0.1) is 0 Å². The van der Waals surface area contributed by atoms with E-state index in [4.69, 9.17) is 0 Å². The van der Waals surface area contributed by atoms with Crippen LogP contribution < -0.4 is 5.32 Å². The van der Waals surface area contributed by atoms with Gasteiger partial charge in [-0.1, -0.05) is 20.8 Å². The number of anilines is 1. The van der Waals surface area contributed by atoms with E-state index in [9.17, 15) is 4.79 Å². The highest BCUT2D eigenvalue weighted by atomic mass is 32.2. The summed E-state index contributed by atoms with van der Waals surface area (Å²) in [6, 6.07) is 0. The van der Waals surface area contributed by atoms with Crippen molar-refractivity contribution in [1.82, 2.24) is 14.8 Å². The lowest BCUT2D eigenvalue weighted by atomic mass is 10.3. The summed E-state index contributed by atoms with van der Waals surface area (Å²) in [6.45, 7) is 6.28. The SMILES string of the molecule is Cn1cc(-c2csc(NC(=O)CSC(C)(C)C)n2)cn1. The van der Waals surface area contributed by atoms with Crippen LogP contribution in [0.2, 0.25) is 0 Å². The molecule has 108 valence electrons. The molecule has 0 saturated heterocycles. The van der Waals surface area contributed by atoms with E-state index < -0.39 is 0 Å². The van der Waals surface area contributed by atoms with Gasteiger partial charge >= 0.3 is 0 Å². The van der Waals surface area contributed by atoms with Crippen LogP contribution in [-0.2, 0) is 11.8 Å². The Bertz CT molecular complexity index is 598. The van der Waals surface area contributed by atoms with Crippen LogP contribution >= 0.6 is 23.1 Å². The molecule has 0 bridgehead atoms. The van der Waals surface area contributed by atoms with Gasteiger partial charge in [0.2, 0.25) is 5.91 Å². The van der Waals surface area contributed by atoms with Crippen LogP contribution in [-0.4, -0.2) is 31.2 Å². The monoisotopic (exact) mass is 310 g/mol. The topological polar surface area (TPSA) is 59.8 Å². The highest BCUT2D eigenvalue weighted by molar-refractivity contribution is 8.01. The Kier molecular flexibility index (Phi) is 4.49. The summed E-state index contributed by atoms with van der Waals surface area (Å²) in [6.07, 6.45) is 3.66. The summed E-state index contributed by atoms with van der Waals surface area (Å²) in [5, 5.41) is 9.49. The van der Waals surface area contributed by atoms with Crippen molar-refractivity contribution in [3.05, 3.63) is 17.8 Å². The number of hydrogen-bond donors (Lipinski definition) is 1. The molecule has 2 rings (SSSR count). The average Bonchev–Trinajstić information content (AvgIpc) is 2.94. The van der Waals surface area contributed by atoms with Gasteiger partial charge in [-0.15, -0.1) is 23.1 Å². The zero-order chi connectivity index (χ0) is 14.8. The molecule has 0 aromatic carbocycles. The molecule has 0 radical (unpaired) electrons. The molecule has 2 aromatic heterocycles. The third-order valence-corrected chi connectivity index (χ3v) is 4.42. The van der Waals surface area contributed by atoms with E-state index >= 15 is 0 Å². The fraction of sp³-hybridized carbons (Fsp3) is 0.462. The minimum Gasteiger partial charge on any atom is -0.301 e. The first-order chi connectivity index (χ1) is 9.33. The number of aromatic nitrogens is 3. The number of carbonyl (C=O) groups excluding carboxylic acids is 1. The zero-order valence-electron chi connectivity index (χ0n) is 12.0. The maximum Gasteiger partial charge on any atom is 0.236 e. The number of carbonyl (C=O) groups is 1. The summed E-state index contributed by atoms with van der Waals surface area (Å²) in [7, 11) is 1.86. The Morgan fingerprint density at radius 1 is 1.50 bits per heavy atom. The van der Waals surface area contributed by atoms with Crippen LogP contribution in [0.3, 0.4) is 0 Å². The van der Waals surface area contributed by atoms with Crippen LogP contribution in [0.4, 0.5) is 5.13 Å². The van der Waals surface area contributed by atoms with Crippen LogP contribution in [0.15, 0.2) is 17.8 Å². The van der Waals surface area contributed by atoms with Crippen molar-refractivity contribution >= 4 is 34.1 Å². The second-order valence-electron chi connectivity index (χ2n) is 5.39. The molecule has 5 nitrogen and oxygen atoms in total. The minimum atomic E-state index is -0.0167. The lowest BCUT2D eigenvalue weighted by molar-refractivity contribution is -0.113. The molecule has 1 amide bonds. The van der Waals surface area contributed by atoms with Crippen molar-refractivity contribution in [2.24, 2.45) is 7.05 Å². The largest absolute Gasteiger partial charge is 0.301 e. The number of amides is 1. The van der Waals surface area contributed by atoms with E-state index in [0.29, 0.717) is 10.9 Å². The molecule has 7 heteroatoms. The molecule has 20 heavy (non-hydrogen) atoms. The number of hydrogen-bond acceptors (Lipinski definition) is 5. The second-order valence-corrected chi connectivity index (χ2v) is 8.05. The van der Waals surface area contributed by atoms with Gasteiger partial charge in [0.05, 0.1) is 17.6 Å². The average molecular weight is 310 g/mol. The standard InChI is InChI=1S/C13H18N4OS2/c1-13(2,3)20-8-11(18)16-12-15-10(7-19-12)9-5-14-17(4)6-9/h5-7H,8H2,1-4H3,(H,15,16,18). The quantitative estimate of drug-likeness (QED) is 0.943. The molecule has 1 N–H and O–H groups in total. The Morgan fingerprint density at radius 3 is 2.85 bits per heavy atom. The molecule has 0 spiro atoms. The normalized spacial score (nSPS) is 11.6. The van der Waals surface area contributed by atoms with Gasteiger partial charge in [-0.2, -0.15) is 5.10 Å². The van der Waals surface area contributed by atoms with E-state index in [0.717, 1.165) is 11.3 Å². The van der Waals surface area contributed by atoms with Crippen molar-refractivity contribution < 1.29 is 4.79 Å². The van der Waals surface area contributed by atoms with Gasteiger partial charge in [-0.3, -0.25) is 9.48 Å². The smallest absolute Gasteiger partial charge is 0.236 e. The van der Waals surface area contributed by atoms with Gasteiger partial charge in [0.15, 0.2) is 5.13 Å². The number of aryl methyl sites for hydroxylation is 1. The fourth-order valence-electron chi connectivity index (χ4n) is 1.45. The van der Waals surface area contributed by atoms with Crippen molar-refractivity contribution in [3.63, 3.8) is 0 Å². The molecule has 0 unspecified atom stereocenters. The van der Waals surface area contributed by atoms with E-state index in [1.165, 1.54) is 11.3 Å². The molecule has 0 saturated carbocycles. The van der Waals surface area contributed by atoms with Crippen molar-refractivity contribution in [1.29, 1.82) is 0 Å². The first-order valence-electron chi connectivity index (χ1n) is 6.22. The van der Waals surface area contributed by atoms with E-state index in [1.54, 1.807) is 22.6 Å². The Labute approximate surface area is 126 Å². The van der Waals surface area contributed by atoms with Gasteiger partial charge in [-0.05, 0) is 0 Å². The van der Waals surface area contributed by atoms with Crippen molar-refractivity contribution in [2.75, 3.05) is 11.1 Å².